The number of urea groups is 1. The maximum absolute atomic E-state index is 12.2. The number of anilines is 1. The molecule has 6 nitrogen and oxygen atoms in total. The van der Waals surface area contributed by atoms with Gasteiger partial charge >= 0.3 is 6.03 Å². The number of carbonyl (C=O) groups excluding carboxylic acids is 2. The second kappa shape index (κ2) is 8.35. The standard InChI is InChI=1S/C18H11Cl3N4O2/c19-11-6-4-10(5-7-11)14-8-23-15(9-22-14)24-18(27)25-17(26)16-12(20)2-1-3-13(16)21/h1-9H,(H2,23,24,25,26,27). The molecule has 9 heteroatoms. The lowest BCUT2D eigenvalue weighted by Gasteiger charge is -2.08. The molecule has 0 aliphatic heterocycles. The second-order valence-electron chi connectivity index (χ2n) is 5.30. The highest BCUT2D eigenvalue weighted by atomic mass is 35.5. The molecule has 3 amide bonds. The largest absolute Gasteiger partial charge is 0.327 e. The Morgan fingerprint density at radius 3 is 2.11 bits per heavy atom. The molecule has 3 aromatic rings. The predicted octanol–water partition coefficient (Wildman–Crippen LogP) is 5.07. The van der Waals surface area contributed by atoms with E-state index in [2.05, 4.69) is 20.6 Å². The number of nitrogens with zero attached hydrogens (tertiary/aromatic N) is 2. The van der Waals surface area contributed by atoms with Crippen LogP contribution in [0.25, 0.3) is 11.3 Å². The maximum atomic E-state index is 12.2. The minimum atomic E-state index is -0.787. The summed E-state index contributed by atoms with van der Waals surface area (Å²) in [6.07, 6.45) is 2.86. The first-order valence-corrected chi connectivity index (χ1v) is 8.72. The third kappa shape index (κ3) is 4.74. The van der Waals surface area contributed by atoms with Crippen molar-refractivity contribution in [1.82, 2.24) is 15.3 Å². The summed E-state index contributed by atoms with van der Waals surface area (Å²) in [6.45, 7) is 0. The molecule has 2 N–H and O–H groups in total. The Labute approximate surface area is 169 Å². The minimum Gasteiger partial charge on any atom is -0.291 e. The Bertz CT molecular complexity index is 972. The van der Waals surface area contributed by atoms with Crippen LogP contribution in [0.2, 0.25) is 15.1 Å². The average Bonchev–Trinajstić information content (AvgIpc) is 2.63. The van der Waals surface area contributed by atoms with E-state index in [4.69, 9.17) is 34.8 Å². The monoisotopic (exact) mass is 420 g/mol. The number of amides is 3. The minimum absolute atomic E-state index is 0.0140. The highest BCUT2D eigenvalue weighted by molar-refractivity contribution is 6.40. The van der Waals surface area contributed by atoms with E-state index >= 15 is 0 Å². The number of aromatic nitrogens is 2. The fourth-order valence-electron chi connectivity index (χ4n) is 2.19. The summed E-state index contributed by atoms with van der Waals surface area (Å²) in [5, 5.41) is 5.45. The molecule has 1 heterocycles. The van der Waals surface area contributed by atoms with Gasteiger partial charge in [-0.25, -0.2) is 9.78 Å². The van der Waals surface area contributed by atoms with Gasteiger partial charge in [0.2, 0.25) is 0 Å². The summed E-state index contributed by atoms with van der Waals surface area (Å²) in [5.74, 6) is -0.558. The molecule has 2 aromatic carbocycles. The van der Waals surface area contributed by atoms with Gasteiger partial charge in [0.15, 0.2) is 5.82 Å². The van der Waals surface area contributed by atoms with Gasteiger partial charge < -0.3 is 0 Å². The van der Waals surface area contributed by atoms with Crippen molar-refractivity contribution in [2.45, 2.75) is 0 Å². The number of carbonyl (C=O) groups is 2. The number of hydrogen-bond donors (Lipinski definition) is 2. The third-order valence-corrected chi connectivity index (χ3v) is 4.33. The fraction of sp³-hybridized carbons (Fsp3) is 0. The van der Waals surface area contributed by atoms with Crippen LogP contribution < -0.4 is 10.6 Å². The van der Waals surface area contributed by atoms with Gasteiger partial charge in [-0.2, -0.15) is 0 Å². The normalized spacial score (nSPS) is 10.3. The van der Waals surface area contributed by atoms with Crippen molar-refractivity contribution in [2.75, 3.05) is 5.32 Å². The Morgan fingerprint density at radius 1 is 0.852 bits per heavy atom. The van der Waals surface area contributed by atoms with Crippen LogP contribution in [0, 0.1) is 0 Å². The smallest absolute Gasteiger partial charge is 0.291 e. The molecule has 1 aromatic heterocycles. The lowest BCUT2D eigenvalue weighted by atomic mass is 10.2. The first kappa shape index (κ1) is 19.1. The summed E-state index contributed by atoms with van der Waals surface area (Å²) in [6, 6.07) is 10.9. The van der Waals surface area contributed by atoms with E-state index in [-0.39, 0.29) is 21.4 Å². The van der Waals surface area contributed by atoms with Gasteiger partial charge in [0.1, 0.15) is 0 Å². The van der Waals surface area contributed by atoms with E-state index < -0.39 is 11.9 Å². The van der Waals surface area contributed by atoms with E-state index in [0.717, 1.165) is 5.56 Å². The molecule has 0 fully saturated rings. The lowest BCUT2D eigenvalue weighted by Crippen LogP contribution is -2.35. The van der Waals surface area contributed by atoms with Crippen molar-refractivity contribution in [1.29, 1.82) is 0 Å². The SMILES string of the molecule is O=C(NC(=O)c1c(Cl)cccc1Cl)Nc1cnc(-c2ccc(Cl)cc2)cn1. The summed E-state index contributed by atoms with van der Waals surface area (Å²) in [7, 11) is 0. The molecule has 0 atom stereocenters. The van der Waals surface area contributed by atoms with Crippen LogP contribution in [0.3, 0.4) is 0 Å². The number of nitrogens with one attached hydrogen (secondary N) is 2. The van der Waals surface area contributed by atoms with E-state index in [1.54, 1.807) is 30.3 Å². The molecule has 0 saturated heterocycles. The van der Waals surface area contributed by atoms with E-state index in [0.29, 0.717) is 10.7 Å². The predicted molar refractivity (Wildman–Crippen MR) is 105 cm³/mol. The first-order chi connectivity index (χ1) is 12.9. The molecular weight excluding hydrogens is 411 g/mol. The first-order valence-electron chi connectivity index (χ1n) is 7.58. The third-order valence-electron chi connectivity index (χ3n) is 3.45. The Morgan fingerprint density at radius 2 is 1.52 bits per heavy atom. The maximum Gasteiger partial charge on any atom is 0.327 e. The Balaban J connectivity index is 1.66. The van der Waals surface area contributed by atoms with Gasteiger partial charge in [-0.3, -0.25) is 20.4 Å². The summed E-state index contributed by atoms with van der Waals surface area (Å²) in [5.41, 5.74) is 1.45. The molecule has 3 rings (SSSR count). The topological polar surface area (TPSA) is 84.0 Å². The van der Waals surface area contributed by atoms with Crippen LogP contribution in [-0.2, 0) is 0 Å². The van der Waals surface area contributed by atoms with Crippen molar-refractivity contribution in [2.24, 2.45) is 0 Å². The Hall–Kier alpha value is -2.67. The molecule has 136 valence electrons. The van der Waals surface area contributed by atoms with Crippen LogP contribution in [0.15, 0.2) is 54.9 Å². The van der Waals surface area contributed by atoms with Gasteiger partial charge in [0.05, 0.1) is 33.7 Å². The van der Waals surface area contributed by atoms with Gasteiger partial charge in [0, 0.05) is 10.6 Å². The van der Waals surface area contributed by atoms with E-state index in [9.17, 15) is 9.59 Å². The molecule has 0 saturated carbocycles. The van der Waals surface area contributed by atoms with Crippen LogP contribution in [0.5, 0.6) is 0 Å². The van der Waals surface area contributed by atoms with Crippen LogP contribution in [0.4, 0.5) is 10.6 Å². The highest BCUT2D eigenvalue weighted by Gasteiger charge is 2.17. The average molecular weight is 422 g/mol. The Kier molecular flexibility index (Phi) is 5.91. The van der Waals surface area contributed by atoms with E-state index in [1.807, 2.05) is 0 Å². The molecule has 0 bridgehead atoms. The zero-order valence-electron chi connectivity index (χ0n) is 13.5. The zero-order chi connectivity index (χ0) is 19.4. The van der Waals surface area contributed by atoms with Crippen molar-refractivity contribution in [3.63, 3.8) is 0 Å². The summed E-state index contributed by atoms with van der Waals surface area (Å²) in [4.78, 5) is 32.5. The van der Waals surface area contributed by atoms with E-state index in [1.165, 1.54) is 24.5 Å². The van der Waals surface area contributed by atoms with Gasteiger partial charge in [-0.05, 0) is 24.3 Å². The van der Waals surface area contributed by atoms with Crippen molar-refractivity contribution in [3.05, 3.63) is 75.5 Å². The second-order valence-corrected chi connectivity index (χ2v) is 6.55. The van der Waals surface area contributed by atoms with Crippen molar-refractivity contribution >= 4 is 52.6 Å². The van der Waals surface area contributed by atoms with Gasteiger partial charge in [-0.1, -0.05) is 53.0 Å². The number of halogens is 3. The summed E-state index contributed by atoms with van der Waals surface area (Å²) >= 11 is 17.7. The number of imide groups is 1. The zero-order valence-corrected chi connectivity index (χ0v) is 15.8. The highest BCUT2D eigenvalue weighted by Crippen LogP contribution is 2.24. The fourth-order valence-corrected chi connectivity index (χ4v) is 2.89. The van der Waals surface area contributed by atoms with Crippen molar-refractivity contribution < 1.29 is 9.59 Å². The van der Waals surface area contributed by atoms with Gasteiger partial charge in [-0.15, -0.1) is 0 Å². The molecular formula is C18H11Cl3N4O2. The quantitative estimate of drug-likeness (QED) is 0.618. The van der Waals surface area contributed by atoms with Crippen LogP contribution >= 0.6 is 34.8 Å². The molecule has 0 unspecified atom stereocenters. The molecule has 27 heavy (non-hydrogen) atoms. The number of benzene rings is 2. The molecule has 0 aliphatic carbocycles. The summed E-state index contributed by atoms with van der Waals surface area (Å²) < 4.78 is 0. The van der Waals surface area contributed by atoms with Gasteiger partial charge in [0.25, 0.3) is 5.91 Å². The molecule has 0 radical (unpaired) electrons. The molecule has 0 spiro atoms. The van der Waals surface area contributed by atoms with Crippen molar-refractivity contribution in [3.8, 4) is 11.3 Å². The number of hydrogen-bond acceptors (Lipinski definition) is 4. The van der Waals surface area contributed by atoms with Crippen LogP contribution in [-0.4, -0.2) is 21.9 Å². The number of rotatable bonds is 3. The van der Waals surface area contributed by atoms with Crippen LogP contribution in [0.1, 0.15) is 10.4 Å². The molecule has 0 aliphatic rings. The lowest BCUT2D eigenvalue weighted by molar-refractivity contribution is 0.0967.